The number of methoxy groups -OCH3 is 1. The average molecular weight is 464 g/mol. The van der Waals surface area contributed by atoms with Crippen molar-refractivity contribution in [1.29, 1.82) is 0 Å². The molecule has 0 radical (unpaired) electrons. The molecule has 2 amide bonds. The van der Waals surface area contributed by atoms with Crippen LogP contribution in [-0.2, 0) is 6.54 Å². The molecule has 1 heterocycles. The largest absolute Gasteiger partial charge is 0.497 e. The van der Waals surface area contributed by atoms with Crippen molar-refractivity contribution >= 4 is 34.9 Å². The van der Waals surface area contributed by atoms with E-state index in [9.17, 15) is 4.79 Å². The van der Waals surface area contributed by atoms with E-state index >= 15 is 0 Å². The summed E-state index contributed by atoms with van der Waals surface area (Å²) in [5, 5.41) is 7.32. The van der Waals surface area contributed by atoms with Crippen molar-refractivity contribution in [2.75, 3.05) is 25.5 Å². The highest BCUT2D eigenvalue weighted by molar-refractivity contribution is 6.42. The molecule has 3 rings (SSSR count). The monoisotopic (exact) mass is 463 g/mol. The molecule has 1 saturated heterocycles. The Morgan fingerprint density at radius 1 is 1.13 bits per heavy atom. The van der Waals surface area contributed by atoms with E-state index in [1.165, 1.54) is 5.56 Å². The van der Waals surface area contributed by atoms with E-state index in [1.807, 2.05) is 42.5 Å². The number of nitrogens with zero attached hydrogens (tertiary/aromatic N) is 1. The van der Waals surface area contributed by atoms with Crippen LogP contribution in [0, 0.1) is 11.8 Å². The van der Waals surface area contributed by atoms with E-state index in [4.69, 9.17) is 27.9 Å². The number of rotatable bonds is 7. The van der Waals surface area contributed by atoms with Crippen molar-refractivity contribution in [2.24, 2.45) is 11.8 Å². The number of ether oxygens (including phenoxy) is 1. The highest BCUT2D eigenvalue weighted by atomic mass is 35.5. The molecule has 1 aliphatic rings. The number of nitrogens with one attached hydrogen (secondary N) is 2. The average Bonchev–Trinajstić information content (AvgIpc) is 2.75. The number of urea groups is 1. The quantitative estimate of drug-likeness (QED) is 0.524. The number of carbonyl (C=O) groups is 1. The van der Waals surface area contributed by atoms with Crippen LogP contribution in [0.25, 0.3) is 0 Å². The molecule has 0 aliphatic carbocycles. The standard InChI is InChI=1S/C24H31Cl2N3O2/c1-16(2)23(28-24(30)27-19-5-4-6-20(14-19)31-3)18-9-11-29(12-10-18)15-17-7-8-21(25)22(26)13-17/h4-8,13-14,16,18,23H,9-12,15H2,1-3H3,(H2,27,28,30)/t23-/m1/s1. The number of halogens is 2. The molecular weight excluding hydrogens is 433 g/mol. The van der Waals surface area contributed by atoms with E-state index in [-0.39, 0.29) is 12.1 Å². The normalized spacial score (nSPS) is 16.2. The zero-order valence-corrected chi connectivity index (χ0v) is 19.8. The zero-order valence-electron chi connectivity index (χ0n) is 18.3. The van der Waals surface area contributed by atoms with Crippen LogP contribution in [0.4, 0.5) is 10.5 Å². The number of piperidine rings is 1. The Morgan fingerprint density at radius 3 is 2.52 bits per heavy atom. The molecule has 1 atom stereocenters. The van der Waals surface area contributed by atoms with Crippen LogP contribution in [0.3, 0.4) is 0 Å². The van der Waals surface area contributed by atoms with E-state index in [2.05, 4.69) is 29.4 Å². The van der Waals surface area contributed by atoms with E-state index < -0.39 is 0 Å². The predicted octanol–water partition coefficient (Wildman–Crippen LogP) is 6.06. The second-order valence-corrected chi connectivity index (χ2v) is 9.28. The Hall–Kier alpha value is -1.95. The zero-order chi connectivity index (χ0) is 22.4. The van der Waals surface area contributed by atoms with Gasteiger partial charge in [-0.05, 0) is 67.6 Å². The summed E-state index contributed by atoms with van der Waals surface area (Å²) in [6.07, 6.45) is 2.09. The van der Waals surface area contributed by atoms with Crippen LogP contribution in [0.1, 0.15) is 32.3 Å². The van der Waals surface area contributed by atoms with Gasteiger partial charge in [-0.2, -0.15) is 0 Å². The van der Waals surface area contributed by atoms with E-state index in [0.717, 1.165) is 38.2 Å². The minimum Gasteiger partial charge on any atom is -0.497 e. The number of likely N-dealkylation sites (tertiary alicyclic amines) is 1. The van der Waals surface area contributed by atoms with Gasteiger partial charge < -0.3 is 15.4 Å². The van der Waals surface area contributed by atoms with Crippen molar-refractivity contribution < 1.29 is 9.53 Å². The number of amides is 2. The summed E-state index contributed by atoms with van der Waals surface area (Å²) in [6, 6.07) is 13.1. The predicted molar refractivity (Wildman–Crippen MR) is 128 cm³/mol. The smallest absolute Gasteiger partial charge is 0.319 e. The molecule has 0 spiro atoms. The number of hydrogen-bond donors (Lipinski definition) is 2. The van der Waals surface area contributed by atoms with Gasteiger partial charge in [-0.3, -0.25) is 4.90 Å². The molecule has 0 bridgehead atoms. The van der Waals surface area contributed by atoms with Crippen LogP contribution in [0.2, 0.25) is 10.0 Å². The Labute approximate surface area is 195 Å². The van der Waals surface area contributed by atoms with Gasteiger partial charge >= 0.3 is 6.03 Å². The molecule has 5 nitrogen and oxygen atoms in total. The van der Waals surface area contributed by atoms with Gasteiger partial charge in [0.2, 0.25) is 0 Å². The maximum Gasteiger partial charge on any atom is 0.319 e. The molecule has 0 saturated carbocycles. The van der Waals surface area contributed by atoms with Crippen molar-refractivity contribution in [2.45, 2.75) is 39.3 Å². The lowest BCUT2D eigenvalue weighted by molar-refractivity contribution is 0.139. The first-order valence-corrected chi connectivity index (χ1v) is 11.5. The molecule has 0 unspecified atom stereocenters. The lowest BCUT2D eigenvalue weighted by Crippen LogP contribution is -2.49. The second-order valence-electron chi connectivity index (χ2n) is 8.46. The lowest BCUT2D eigenvalue weighted by Gasteiger charge is -2.38. The summed E-state index contributed by atoms with van der Waals surface area (Å²) in [7, 11) is 1.61. The van der Waals surface area contributed by atoms with Crippen LogP contribution in [0.5, 0.6) is 5.75 Å². The summed E-state index contributed by atoms with van der Waals surface area (Å²) >= 11 is 12.2. The highest BCUT2D eigenvalue weighted by Gasteiger charge is 2.29. The van der Waals surface area contributed by atoms with Gasteiger partial charge in [-0.1, -0.05) is 49.2 Å². The molecule has 1 fully saturated rings. The second kappa shape index (κ2) is 11.1. The van der Waals surface area contributed by atoms with Gasteiger partial charge in [0.25, 0.3) is 0 Å². The fourth-order valence-electron chi connectivity index (χ4n) is 4.21. The fraction of sp³-hybridized carbons (Fsp3) is 0.458. The molecule has 2 aromatic carbocycles. The fourth-order valence-corrected chi connectivity index (χ4v) is 4.54. The summed E-state index contributed by atoms with van der Waals surface area (Å²) < 4.78 is 5.23. The van der Waals surface area contributed by atoms with Crippen LogP contribution < -0.4 is 15.4 Å². The molecule has 1 aliphatic heterocycles. The Bertz CT molecular complexity index is 883. The third-order valence-electron chi connectivity index (χ3n) is 5.87. The summed E-state index contributed by atoms with van der Waals surface area (Å²) in [4.78, 5) is 15.1. The van der Waals surface area contributed by atoms with E-state index in [1.54, 1.807) is 7.11 Å². The summed E-state index contributed by atoms with van der Waals surface area (Å²) in [5.41, 5.74) is 1.89. The van der Waals surface area contributed by atoms with Crippen molar-refractivity contribution in [3.8, 4) is 5.75 Å². The molecule has 31 heavy (non-hydrogen) atoms. The van der Waals surface area contributed by atoms with Crippen LogP contribution >= 0.6 is 23.2 Å². The van der Waals surface area contributed by atoms with Crippen LogP contribution in [-0.4, -0.2) is 37.2 Å². The number of carbonyl (C=O) groups excluding carboxylic acids is 1. The first-order valence-electron chi connectivity index (χ1n) is 10.7. The van der Waals surface area contributed by atoms with Gasteiger partial charge in [0.05, 0.1) is 17.2 Å². The maximum absolute atomic E-state index is 12.6. The number of hydrogen-bond acceptors (Lipinski definition) is 3. The van der Waals surface area contributed by atoms with Gasteiger partial charge in [-0.15, -0.1) is 0 Å². The molecular formula is C24H31Cl2N3O2. The Kier molecular flexibility index (Phi) is 8.47. The SMILES string of the molecule is COc1cccc(NC(=O)N[C@H](C(C)C)C2CCN(Cc3ccc(Cl)c(Cl)c3)CC2)c1. The highest BCUT2D eigenvalue weighted by Crippen LogP contribution is 2.28. The van der Waals surface area contributed by atoms with Gasteiger partial charge in [-0.25, -0.2) is 4.79 Å². The molecule has 0 aromatic heterocycles. The van der Waals surface area contributed by atoms with E-state index in [0.29, 0.717) is 27.6 Å². The summed E-state index contributed by atoms with van der Waals surface area (Å²) in [6.45, 7) is 7.18. The minimum absolute atomic E-state index is 0.123. The minimum atomic E-state index is -0.176. The van der Waals surface area contributed by atoms with Crippen molar-refractivity contribution in [3.63, 3.8) is 0 Å². The maximum atomic E-state index is 12.6. The van der Waals surface area contributed by atoms with Gasteiger partial charge in [0, 0.05) is 24.3 Å². The molecule has 7 heteroatoms. The third-order valence-corrected chi connectivity index (χ3v) is 6.61. The molecule has 2 aromatic rings. The first-order chi connectivity index (χ1) is 14.9. The molecule has 2 N–H and O–H groups in total. The van der Waals surface area contributed by atoms with Crippen molar-refractivity contribution in [1.82, 2.24) is 10.2 Å². The summed E-state index contributed by atoms with van der Waals surface area (Å²) in [5.74, 6) is 1.51. The van der Waals surface area contributed by atoms with Gasteiger partial charge in [0.15, 0.2) is 0 Å². The first kappa shape index (κ1) is 23.7. The topological polar surface area (TPSA) is 53.6 Å². The third kappa shape index (κ3) is 6.76. The Morgan fingerprint density at radius 2 is 1.87 bits per heavy atom. The Balaban J connectivity index is 1.53. The van der Waals surface area contributed by atoms with Crippen molar-refractivity contribution in [3.05, 3.63) is 58.1 Å². The van der Waals surface area contributed by atoms with Crippen LogP contribution in [0.15, 0.2) is 42.5 Å². The number of benzene rings is 2. The number of anilines is 1. The van der Waals surface area contributed by atoms with Gasteiger partial charge in [0.1, 0.15) is 5.75 Å². The lowest BCUT2D eigenvalue weighted by atomic mass is 9.83. The molecule has 168 valence electrons.